The molecule has 0 aliphatic carbocycles. The van der Waals surface area contributed by atoms with E-state index < -0.39 is 0 Å². The lowest BCUT2D eigenvalue weighted by molar-refractivity contribution is 0.669. The summed E-state index contributed by atoms with van der Waals surface area (Å²) < 4.78 is 6.97. The van der Waals surface area contributed by atoms with Gasteiger partial charge in [-0.25, -0.2) is 0 Å². The summed E-state index contributed by atoms with van der Waals surface area (Å²) in [5, 5.41) is 4.43. The number of para-hydroxylation sites is 2. The minimum atomic E-state index is 0.810. The van der Waals surface area contributed by atoms with Crippen LogP contribution in [0.15, 0.2) is 271 Å². The first-order valence-electron chi connectivity index (χ1n) is 22.8. The Labute approximate surface area is 390 Å². The molecule has 0 atom stereocenters. The van der Waals surface area contributed by atoms with Gasteiger partial charge in [-0.3, -0.25) is 0 Å². The van der Waals surface area contributed by atoms with Crippen LogP contribution in [0.4, 0.5) is 34.1 Å². The fourth-order valence-electron chi connectivity index (χ4n) is 9.47. The maximum absolute atomic E-state index is 6.97. The van der Waals surface area contributed by atoms with Crippen LogP contribution in [0.25, 0.3) is 77.2 Å². The van der Waals surface area contributed by atoms with E-state index in [1.54, 1.807) is 0 Å². The molecule has 0 saturated heterocycles. The molecular weight excluding hydrogens is 813 g/mol. The van der Waals surface area contributed by atoms with Gasteiger partial charge in [0.05, 0.1) is 16.8 Å². The highest BCUT2D eigenvalue weighted by atomic mass is 16.3. The number of hydrogen-bond donors (Lipinski definition) is 0. The van der Waals surface area contributed by atoms with Crippen molar-refractivity contribution in [1.82, 2.24) is 0 Å². The van der Waals surface area contributed by atoms with Crippen molar-refractivity contribution < 1.29 is 4.42 Å². The van der Waals surface area contributed by atoms with Crippen LogP contribution in [-0.2, 0) is 0 Å². The zero-order valence-corrected chi connectivity index (χ0v) is 36.7. The Bertz CT molecular complexity index is 3630. The van der Waals surface area contributed by atoms with Crippen molar-refractivity contribution in [3.8, 4) is 44.5 Å². The monoisotopic (exact) mass is 856 g/mol. The van der Waals surface area contributed by atoms with Crippen LogP contribution in [0.5, 0.6) is 0 Å². The summed E-state index contributed by atoms with van der Waals surface area (Å²) >= 11 is 0. The van der Waals surface area contributed by atoms with E-state index in [4.69, 9.17) is 4.42 Å². The Hall–Kier alpha value is -8.92. The van der Waals surface area contributed by atoms with E-state index in [0.29, 0.717) is 0 Å². The van der Waals surface area contributed by atoms with Gasteiger partial charge in [0.15, 0.2) is 0 Å². The standard InChI is InChI=1S/C64H44N2O/c1-5-15-45(16-6-1)47-25-29-49(30-26-47)51-33-37-57(38-34-51)65(55-21-9-3-10-22-55)59-43-61(64-60-41-53-19-13-14-20-54(53)42-62(60)67-63(64)44-59)66(56-23-11-4-12-24-56)58-39-35-52(36-40-58)50-31-27-48(28-32-50)46-17-7-2-8-18-46/h1-44H. The first-order valence-corrected chi connectivity index (χ1v) is 22.8. The lowest BCUT2D eigenvalue weighted by Crippen LogP contribution is -2.13. The summed E-state index contributed by atoms with van der Waals surface area (Å²) in [5.41, 5.74) is 17.3. The Morgan fingerprint density at radius 1 is 0.239 bits per heavy atom. The van der Waals surface area contributed by atoms with Gasteiger partial charge in [-0.1, -0.05) is 194 Å². The van der Waals surface area contributed by atoms with Crippen molar-refractivity contribution in [3.05, 3.63) is 267 Å². The Balaban J connectivity index is 1.01. The normalized spacial score (nSPS) is 11.3. The van der Waals surface area contributed by atoms with Crippen LogP contribution >= 0.6 is 0 Å². The third-order valence-corrected chi connectivity index (χ3v) is 12.8. The first kappa shape index (κ1) is 39.7. The fourth-order valence-corrected chi connectivity index (χ4v) is 9.47. The first-order chi connectivity index (χ1) is 33.2. The highest BCUT2D eigenvalue weighted by molar-refractivity contribution is 6.17. The van der Waals surface area contributed by atoms with E-state index in [2.05, 4.69) is 277 Å². The van der Waals surface area contributed by atoms with E-state index >= 15 is 0 Å². The molecule has 12 aromatic rings. The zero-order chi connectivity index (χ0) is 44.5. The Morgan fingerprint density at radius 3 is 1.04 bits per heavy atom. The SMILES string of the molecule is c1ccc(-c2ccc(-c3ccc(N(c4ccccc4)c4cc(N(c5ccccc5)c5ccc(-c6ccc(-c7ccccc7)cc6)cc5)c5c(c4)oc4cc6ccccc6cc45)cc3)cc2)cc1. The molecule has 316 valence electrons. The quantitative estimate of drug-likeness (QED) is 0.137. The predicted octanol–water partition coefficient (Wildman–Crippen LogP) is 18.3. The average molecular weight is 857 g/mol. The molecule has 0 aliphatic rings. The van der Waals surface area contributed by atoms with Gasteiger partial charge >= 0.3 is 0 Å². The van der Waals surface area contributed by atoms with Gasteiger partial charge in [0.25, 0.3) is 0 Å². The molecular formula is C64H44N2O. The second-order valence-corrected chi connectivity index (χ2v) is 17.0. The van der Waals surface area contributed by atoms with E-state index in [1.165, 1.54) is 38.8 Å². The minimum Gasteiger partial charge on any atom is -0.456 e. The predicted molar refractivity (Wildman–Crippen MR) is 282 cm³/mol. The molecule has 3 heteroatoms. The van der Waals surface area contributed by atoms with Gasteiger partial charge in [-0.05, 0) is 122 Å². The molecule has 11 aromatic carbocycles. The third kappa shape index (κ3) is 7.69. The highest BCUT2D eigenvalue weighted by Gasteiger charge is 2.24. The van der Waals surface area contributed by atoms with Crippen molar-refractivity contribution in [2.24, 2.45) is 0 Å². The molecule has 0 N–H and O–H groups in total. The summed E-state index contributed by atoms with van der Waals surface area (Å²) in [7, 11) is 0. The molecule has 0 fully saturated rings. The van der Waals surface area contributed by atoms with Crippen LogP contribution in [0.2, 0.25) is 0 Å². The lowest BCUT2D eigenvalue weighted by atomic mass is 9.99. The van der Waals surface area contributed by atoms with Crippen LogP contribution < -0.4 is 9.80 Å². The van der Waals surface area contributed by atoms with Gasteiger partial charge < -0.3 is 14.2 Å². The largest absolute Gasteiger partial charge is 0.456 e. The summed E-state index contributed by atoms with van der Waals surface area (Å²) in [6.07, 6.45) is 0. The van der Waals surface area contributed by atoms with Crippen molar-refractivity contribution in [2.45, 2.75) is 0 Å². The van der Waals surface area contributed by atoms with Crippen LogP contribution in [0.1, 0.15) is 0 Å². The van der Waals surface area contributed by atoms with Crippen molar-refractivity contribution >= 4 is 66.8 Å². The fraction of sp³-hybridized carbons (Fsp3) is 0. The van der Waals surface area contributed by atoms with E-state index in [9.17, 15) is 0 Å². The molecule has 1 aromatic heterocycles. The number of anilines is 6. The van der Waals surface area contributed by atoms with Gasteiger partial charge in [0, 0.05) is 34.2 Å². The van der Waals surface area contributed by atoms with Crippen LogP contribution in [0.3, 0.4) is 0 Å². The zero-order valence-electron chi connectivity index (χ0n) is 36.7. The lowest BCUT2D eigenvalue weighted by Gasteiger charge is -2.30. The van der Waals surface area contributed by atoms with E-state index in [1.807, 2.05) is 0 Å². The molecule has 0 radical (unpaired) electrons. The van der Waals surface area contributed by atoms with Crippen LogP contribution in [-0.4, -0.2) is 0 Å². The summed E-state index contributed by atoms with van der Waals surface area (Å²) in [4.78, 5) is 4.71. The Kier molecular flexibility index (Phi) is 10.2. The van der Waals surface area contributed by atoms with Gasteiger partial charge in [0.2, 0.25) is 0 Å². The smallest absolute Gasteiger partial charge is 0.139 e. The summed E-state index contributed by atoms with van der Waals surface area (Å²) in [6, 6.07) is 95.4. The molecule has 0 aliphatic heterocycles. The number of furan rings is 1. The van der Waals surface area contributed by atoms with Crippen molar-refractivity contribution in [1.29, 1.82) is 0 Å². The molecule has 12 rings (SSSR count). The second-order valence-electron chi connectivity index (χ2n) is 17.0. The molecule has 0 bridgehead atoms. The van der Waals surface area contributed by atoms with E-state index in [-0.39, 0.29) is 0 Å². The molecule has 67 heavy (non-hydrogen) atoms. The average Bonchev–Trinajstić information content (AvgIpc) is 3.77. The summed E-state index contributed by atoms with van der Waals surface area (Å²) in [5.74, 6) is 0. The second kappa shape index (κ2) is 17.2. The number of nitrogens with zero attached hydrogens (tertiary/aromatic N) is 2. The van der Waals surface area contributed by atoms with Crippen molar-refractivity contribution in [3.63, 3.8) is 0 Å². The highest BCUT2D eigenvalue weighted by Crippen LogP contribution is 2.48. The maximum Gasteiger partial charge on any atom is 0.139 e. The molecule has 0 spiro atoms. The molecule has 0 amide bonds. The number of hydrogen-bond acceptors (Lipinski definition) is 3. The van der Waals surface area contributed by atoms with Crippen LogP contribution in [0, 0.1) is 0 Å². The molecule has 3 nitrogen and oxygen atoms in total. The molecule has 0 unspecified atom stereocenters. The van der Waals surface area contributed by atoms with Gasteiger partial charge in [-0.2, -0.15) is 0 Å². The molecule has 0 saturated carbocycles. The third-order valence-electron chi connectivity index (χ3n) is 12.8. The number of fused-ring (bicyclic) bond motifs is 4. The van der Waals surface area contributed by atoms with E-state index in [0.717, 1.165) is 72.6 Å². The molecule has 1 heterocycles. The minimum absolute atomic E-state index is 0.810. The Morgan fingerprint density at radius 2 is 0.582 bits per heavy atom. The maximum atomic E-state index is 6.97. The van der Waals surface area contributed by atoms with Gasteiger partial charge in [-0.15, -0.1) is 0 Å². The number of benzene rings is 11. The van der Waals surface area contributed by atoms with Crippen molar-refractivity contribution in [2.75, 3.05) is 9.80 Å². The van der Waals surface area contributed by atoms with Gasteiger partial charge in [0.1, 0.15) is 11.2 Å². The summed E-state index contributed by atoms with van der Waals surface area (Å²) in [6.45, 7) is 0. The topological polar surface area (TPSA) is 19.6 Å². The number of rotatable bonds is 10.